The quantitative estimate of drug-likeness (QED) is 0.806. The monoisotopic (exact) mass is 283 g/mol. The Labute approximate surface area is 113 Å². The first-order chi connectivity index (χ1) is 8.60. The Hall–Kier alpha value is -1.59. The number of ether oxygens (including phenoxy) is 2. The second-order valence-electron chi connectivity index (χ2n) is 3.51. The molecule has 0 radical (unpaired) electrons. The molecule has 6 heteroatoms. The van der Waals surface area contributed by atoms with Crippen molar-refractivity contribution in [3.05, 3.63) is 39.9 Å². The van der Waals surface area contributed by atoms with Crippen LogP contribution in [0.5, 0.6) is 10.9 Å². The number of esters is 1. The van der Waals surface area contributed by atoms with E-state index in [-0.39, 0.29) is 10.0 Å². The van der Waals surface area contributed by atoms with Crippen molar-refractivity contribution in [3.63, 3.8) is 0 Å². The van der Waals surface area contributed by atoms with E-state index in [0.717, 1.165) is 16.9 Å². The summed E-state index contributed by atoms with van der Waals surface area (Å²) in [5.41, 5.74) is 1.13. The smallest absolute Gasteiger partial charge is 0.351 e. The first-order valence-electron chi connectivity index (χ1n) is 5.09. The van der Waals surface area contributed by atoms with Crippen molar-refractivity contribution >= 4 is 28.9 Å². The van der Waals surface area contributed by atoms with E-state index in [1.165, 1.54) is 7.11 Å². The van der Waals surface area contributed by atoms with Crippen molar-refractivity contribution < 1.29 is 14.3 Å². The first kappa shape index (κ1) is 12.9. The molecular weight excluding hydrogens is 274 g/mol. The number of carbonyl (C=O) groups excluding carboxylic acids is 1. The normalized spacial score (nSPS) is 10.2. The van der Waals surface area contributed by atoms with Crippen LogP contribution in [0.25, 0.3) is 0 Å². The van der Waals surface area contributed by atoms with Crippen LogP contribution in [0.4, 0.5) is 0 Å². The highest BCUT2D eigenvalue weighted by atomic mass is 35.5. The third-order valence-electron chi connectivity index (χ3n) is 2.16. The van der Waals surface area contributed by atoms with Crippen molar-refractivity contribution in [2.45, 2.75) is 6.92 Å². The molecule has 0 aliphatic carbocycles. The van der Waals surface area contributed by atoms with Crippen LogP contribution in [0.1, 0.15) is 15.2 Å². The fraction of sp³-hybridized carbons (Fsp3) is 0.167. The number of hydrogen-bond donors (Lipinski definition) is 0. The highest BCUT2D eigenvalue weighted by Crippen LogP contribution is 2.32. The number of nitrogens with zero attached hydrogens (tertiary/aromatic N) is 1. The Morgan fingerprint density at radius 3 is 2.61 bits per heavy atom. The SMILES string of the molecule is COC(=O)c1sc(Oc2ccc(C)cc2)nc1Cl. The van der Waals surface area contributed by atoms with Crippen LogP contribution in [-0.4, -0.2) is 18.1 Å². The summed E-state index contributed by atoms with van der Waals surface area (Å²) in [6.45, 7) is 1.99. The fourth-order valence-corrected chi connectivity index (χ4v) is 2.32. The number of aromatic nitrogens is 1. The summed E-state index contributed by atoms with van der Waals surface area (Å²) in [5.74, 6) is 0.124. The summed E-state index contributed by atoms with van der Waals surface area (Å²) in [6, 6.07) is 7.49. The molecule has 0 N–H and O–H groups in total. The molecule has 1 aromatic carbocycles. The van der Waals surface area contributed by atoms with Crippen molar-refractivity contribution in [2.75, 3.05) is 7.11 Å². The van der Waals surface area contributed by atoms with Crippen molar-refractivity contribution in [2.24, 2.45) is 0 Å². The molecule has 0 saturated heterocycles. The van der Waals surface area contributed by atoms with Gasteiger partial charge in [-0.2, -0.15) is 4.98 Å². The van der Waals surface area contributed by atoms with Crippen LogP contribution in [0.3, 0.4) is 0 Å². The van der Waals surface area contributed by atoms with E-state index in [2.05, 4.69) is 9.72 Å². The number of thiazole rings is 1. The second kappa shape index (κ2) is 5.37. The number of carbonyl (C=O) groups is 1. The van der Waals surface area contributed by atoms with E-state index < -0.39 is 5.97 Å². The predicted molar refractivity (Wildman–Crippen MR) is 69.7 cm³/mol. The maximum atomic E-state index is 11.4. The average molecular weight is 284 g/mol. The molecule has 0 fully saturated rings. The Morgan fingerprint density at radius 1 is 1.33 bits per heavy atom. The zero-order valence-electron chi connectivity index (χ0n) is 9.77. The Balaban J connectivity index is 2.20. The van der Waals surface area contributed by atoms with E-state index in [1.54, 1.807) is 0 Å². The standard InChI is InChI=1S/C12H10ClNO3S/c1-7-3-5-8(6-4-7)17-12-14-10(13)9(18-12)11(15)16-2/h3-6H,1-2H3. The van der Waals surface area contributed by atoms with Crippen LogP contribution >= 0.6 is 22.9 Å². The predicted octanol–water partition coefficient (Wildman–Crippen LogP) is 3.68. The fourth-order valence-electron chi connectivity index (χ4n) is 1.25. The summed E-state index contributed by atoms with van der Waals surface area (Å²) in [6.07, 6.45) is 0. The van der Waals surface area contributed by atoms with Gasteiger partial charge in [0.2, 0.25) is 0 Å². The number of benzene rings is 1. The maximum absolute atomic E-state index is 11.4. The number of halogens is 1. The highest BCUT2D eigenvalue weighted by Gasteiger charge is 2.18. The van der Waals surface area contributed by atoms with Gasteiger partial charge in [-0.1, -0.05) is 40.6 Å². The molecule has 0 aliphatic rings. The van der Waals surface area contributed by atoms with Gasteiger partial charge in [0.05, 0.1) is 7.11 Å². The van der Waals surface area contributed by atoms with Gasteiger partial charge in [-0.3, -0.25) is 0 Å². The lowest BCUT2D eigenvalue weighted by atomic mass is 10.2. The van der Waals surface area contributed by atoms with Gasteiger partial charge in [-0.05, 0) is 19.1 Å². The second-order valence-corrected chi connectivity index (χ2v) is 4.83. The minimum Gasteiger partial charge on any atom is -0.465 e. The molecule has 0 bridgehead atoms. The van der Waals surface area contributed by atoms with Gasteiger partial charge in [-0.15, -0.1) is 0 Å². The van der Waals surface area contributed by atoms with Gasteiger partial charge in [0.1, 0.15) is 5.75 Å². The molecule has 2 rings (SSSR count). The zero-order valence-corrected chi connectivity index (χ0v) is 11.3. The minimum absolute atomic E-state index is 0.0916. The van der Waals surface area contributed by atoms with Crippen molar-refractivity contribution in [3.8, 4) is 10.9 Å². The highest BCUT2D eigenvalue weighted by molar-refractivity contribution is 7.15. The van der Waals surface area contributed by atoms with E-state index in [9.17, 15) is 4.79 Å². The topological polar surface area (TPSA) is 48.4 Å². The van der Waals surface area contributed by atoms with E-state index in [1.807, 2.05) is 31.2 Å². The zero-order chi connectivity index (χ0) is 13.1. The largest absolute Gasteiger partial charge is 0.465 e. The van der Waals surface area contributed by atoms with Crippen LogP contribution in [-0.2, 0) is 4.74 Å². The summed E-state index contributed by atoms with van der Waals surface area (Å²) >= 11 is 6.88. The summed E-state index contributed by atoms with van der Waals surface area (Å²) in [4.78, 5) is 15.5. The summed E-state index contributed by atoms with van der Waals surface area (Å²) in [5, 5.41) is 0.401. The lowest BCUT2D eigenvalue weighted by Crippen LogP contribution is -1.98. The number of aryl methyl sites for hydroxylation is 1. The molecule has 0 unspecified atom stereocenters. The molecule has 0 spiro atoms. The molecule has 1 heterocycles. The van der Waals surface area contributed by atoms with Gasteiger partial charge in [-0.25, -0.2) is 4.79 Å². The first-order valence-corrected chi connectivity index (χ1v) is 6.29. The minimum atomic E-state index is -0.517. The van der Waals surface area contributed by atoms with Gasteiger partial charge in [0.15, 0.2) is 10.0 Å². The number of methoxy groups -OCH3 is 1. The molecule has 18 heavy (non-hydrogen) atoms. The van der Waals surface area contributed by atoms with Crippen LogP contribution < -0.4 is 4.74 Å². The van der Waals surface area contributed by atoms with E-state index in [0.29, 0.717) is 10.9 Å². The van der Waals surface area contributed by atoms with Crippen molar-refractivity contribution in [1.82, 2.24) is 4.98 Å². The third-order valence-corrected chi connectivity index (χ3v) is 3.46. The van der Waals surface area contributed by atoms with Crippen LogP contribution in [0, 0.1) is 6.92 Å². The van der Waals surface area contributed by atoms with E-state index in [4.69, 9.17) is 16.3 Å². The van der Waals surface area contributed by atoms with Gasteiger partial charge in [0, 0.05) is 0 Å². The molecule has 0 saturated carbocycles. The molecular formula is C12H10ClNO3S. The molecule has 1 aromatic heterocycles. The average Bonchev–Trinajstić information content (AvgIpc) is 2.72. The van der Waals surface area contributed by atoms with Crippen molar-refractivity contribution in [1.29, 1.82) is 0 Å². The lowest BCUT2D eigenvalue weighted by molar-refractivity contribution is 0.0606. The Kier molecular flexibility index (Phi) is 3.84. The Morgan fingerprint density at radius 2 is 2.00 bits per heavy atom. The van der Waals surface area contributed by atoms with Crippen LogP contribution in [0.15, 0.2) is 24.3 Å². The summed E-state index contributed by atoms with van der Waals surface area (Å²) in [7, 11) is 1.29. The lowest BCUT2D eigenvalue weighted by Gasteiger charge is -2.00. The molecule has 0 aliphatic heterocycles. The molecule has 2 aromatic rings. The number of rotatable bonds is 3. The molecule has 0 atom stereocenters. The molecule has 94 valence electrons. The summed E-state index contributed by atoms with van der Waals surface area (Å²) < 4.78 is 10.1. The van der Waals surface area contributed by atoms with Gasteiger partial charge < -0.3 is 9.47 Å². The number of hydrogen-bond acceptors (Lipinski definition) is 5. The molecule has 0 amide bonds. The van der Waals surface area contributed by atoms with E-state index >= 15 is 0 Å². The Bertz CT molecular complexity index is 565. The third kappa shape index (κ3) is 2.80. The maximum Gasteiger partial charge on any atom is 0.351 e. The van der Waals surface area contributed by atoms with Crippen LogP contribution in [0.2, 0.25) is 5.15 Å². The van der Waals surface area contributed by atoms with Gasteiger partial charge >= 0.3 is 5.97 Å². The van der Waals surface area contributed by atoms with Gasteiger partial charge in [0.25, 0.3) is 5.19 Å². The molecule has 4 nitrogen and oxygen atoms in total.